The van der Waals surface area contributed by atoms with Gasteiger partial charge in [0.15, 0.2) is 9.84 Å². The van der Waals surface area contributed by atoms with E-state index in [9.17, 15) is 8.42 Å². The Hall–Kier alpha value is -0.170. The van der Waals surface area contributed by atoms with E-state index in [1.165, 1.54) is 25.9 Å². The van der Waals surface area contributed by atoms with E-state index < -0.39 is 9.84 Å². The second-order valence-electron chi connectivity index (χ2n) is 5.74. The summed E-state index contributed by atoms with van der Waals surface area (Å²) in [5.74, 6) is 0.519. The van der Waals surface area contributed by atoms with Crippen LogP contribution in [0.5, 0.6) is 0 Å². The minimum absolute atomic E-state index is 0.229. The van der Waals surface area contributed by atoms with E-state index in [1.54, 1.807) is 0 Å². The van der Waals surface area contributed by atoms with Crippen LogP contribution in [0.1, 0.15) is 19.3 Å². The zero-order chi connectivity index (χ0) is 13.2. The third kappa shape index (κ3) is 3.04. The second kappa shape index (κ2) is 5.45. The molecule has 0 saturated carbocycles. The molecular weight excluding hydrogens is 250 g/mol. The average Bonchev–Trinajstić information content (AvgIpc) is 2.94. The molecule has 1 atom stereocenters. The highest BCUT2D eigenvalue weighted by Crippen LogP contribution is 2.28. The topological polar surface area (TPSA) is 66.6 Å². The Morgan fingerprint density at radius 1 is 1.33 bits per heavy atom. The first-order valence-corrected chi connectivity index (χ1v) is 8.64. The summed E-state index contributed by atoms with van der Waals surface area (Å²) in [6.45, 7) is 4.73. The van der Waals surface area contributed by atoms with Gasteiger partial charge < -0.3 is 10.6 Å². The largest absolute Gasteiger partial charge is 0.329 e. The van der Waals surface area contributed by atoms with Gasteiger partial charge in [-0.2, -0.15) is 0 Å². The van der Waals surface area contributed by atoms with Crippen molar-refractivity contribution in [2.45, 2.75) is 24.8 Å². The number of likely N-dealkylation sites (N-methyl/N-ethyl adjacent to an activating group) is 1. The predicted octanol–water partition coefficient (Wildman–Crippen LogP) is -0.470. The summed E-state index contributed by atoms with van der Waals surface area (Å²) in [4.78, 5) is 4.63. The van der Waals surface area contributed by atoms with E-state index in [0.29, 0.717) is 13.0 Å². The van der Waals surface area contributed by atoms with Crippen molar-refractivity contribution in [2.75, 3.05) is 51.3 Å². The Balaban J connectivity index is 1.91. The highest BCUT2D eigenvalue weighted by Gasteiger charge is 2.44. The Morgan fingerprint density at radius 3 is 2.50 bits per heavy atom. The van der Waals surface area contributed by atoms with Crippen LogP contribution in [0, 0.1) is 0 Å². The van der Waals surface area contributed by atoms with Gasteiger partial charge in [-0.25, -0.2) is 8.42 Å². The minimum atomic E-state index is -2.88. The average molecular weight is 275 g/mol. The van der Waals surface area contributed by atoms with E-state index in [-0.39, 0.29) is 17.0 Å². The van der Waals surface area contributed by atoms with Gasteiger partial charge >= 0.3 is 0 Å². The van der Waals surface area contributed by atoms with Crippen molar-refractivity contribution in [3.63, 3.8) is 0 Å². The summed E-state index contributed by atoms with van der Waals surface area (Å²) in [6.07, 6.45) is 3.27. The Bertz CT molecular complexity index is 379. The first kappa shape index (κ1) is 14.2. The lowest BCUT2D eigenvalue weighted by molar-refractivity contribution is 0.134. The van der Waals surface area contributed by atoms with Gasteiger partial charge in [0.05, 0.1) is 11.5 Å². The molecule has 0 amide bonds. The van der Waals surface area contributed by atoms with Crippen molar-refractivity contribution in [1.82, 2.24) is 9.80 Å². The van der Waals surface area contributed by atoms with E-state index in [2.05, 4.69) is 9.80 Å². The third-order valence-corrected chi connectivity index (χ3v) is 6.31. The zero-order valence-corrected chi connectivity index (χ0v) is 12.1. The standard InChI is InChI=1S/C12H25N3O2S/c1-14(7-8-15-5-2-3-6-15)12(10-13)4-9-18(16,17)11-12/h2-11,13H2,1H3. The van der Waals surface area contributed by atoms with Crippen molar-refractivity contribution in [3.8, 4) is 0 Å². The maximum absolute atomic E-state index is 11.7. The molecule has 0 aromatic rings. The van der Waals surface area contributed by atoms with Gasteiger partial charge in [0.1, 0.15) is 0 Å². The molecule has 2 rings (SSSR count). The molecule has 2 heterocycles. The van der Waals surface area contributed by atoms with Crippen LogP contribution in [-0.2, 0) is 9.84 Å². The van der Waals surface area contributed by atoms with Crippen LogP contribution in [0.3, 0.4) is 0 Å². The number of likely N-dealkylation sites (tertiary alicyclic amines) is 1. The van der Waals surface area contributed by atoms with Gasteiger partial charge in [0.25, 0.3) is 0 Å². The molecule has 18 heavy (non-hydrogen) atoms. The third-order valence-electron chi connectivity index (χ3n) is 4.51. The fourth-order valence-corrected chi connectivity index (χ4v) is 5.19. The van der Waals surface area contributed by atoms with Crippen LogP contribution < -0.4 is 5.73 Å². The van der Waals surface area contributed by atoms with Crippen LogP contribution in [0.4, 0.5) is 0 Å². The van der Waals surface area contributed by atoms with Crippen molar-refractivity contribution in [1.29, 1.82) is 0 Å². The molecule has 5 nitrogen and oxygen atoms in total. The van der Waals surface area contributed by atoms with E-state index in [1.807, 2.05) is 7.05 Å². The smallest absolute Gasteiger partial charge is 0.152 e. The SMILES string of the molecule is CN(CCN1CCCC1)C1(CN)CCS(=O)(=O)C1. The predicted molar refractivity (Wildman–Crippen MR) is 73.4 cm³/mol. The summed E-state index contributed by atoms with van der Waals surface area (Å²) in [7, 11) is -0.866. The minimum Gasteiger partial charge on any atom is -0.329 e. The molecule has 0 aliphatic carbocycles. The first-order valence-electron chi connectivity index (χ1n) is 6.82. The molecule has 0 aromatic heterocycles. The molecule has 6 heteroatoms. The van der Waals surface area contributed by atoms with Gasteiger partial charge in [-0.1, -0.05) is 0 Å². The van der Waals surface area contributed by atoms with Crippen molar-refractivity contribution >= 4 is 9.84 Å². The number of rotatable bonds is 5. The van der Waals surface area contributed by atoms with E-state index in [4.69, 9.17) is 5.73 Å². The number of nitrogens with two attached hydrogens (primary N) is 1. The summed E-state index contributed by atoms with van der Waals surface area (Å²) in [5.41, 5.74) is 5.53. The van der Waals surface area contributed by atoms with Crippen LogP contribution in [0.25, 0.3) is 0 Å². The molecule has 0 bridgehead atoms. The summed E-state index contributed by atoms with van der Waals surface area (Å²) in [5, 5.41) is 0. The fourth-order valence-electron chi connectivity index (χ4n) is 3.05. The van der Waals surface area contributed by atoms with Crippen LogP contribution in [-0.4, -0.2) is 75.0 Å². The fraction of sp³-hybridized carbons (Fsp3) is 1.00. The van der Waals surface area contributed by atoms with Crippen molar-refractivity contribution in [2.24, 2.45) is 5.73 Å². The molecule has 1 unspecified atom stereocenters. The normalized spacial score (nSPS) is 32.4. The quantitative estimate of drug-likeness (QED) is 0.735. The molecule has 2 saturated heterocycles. The lowest BCUT2D eigenvalue weighted by Crippen LogP contribution is -2.54. The summed E-state index contributed by atoms with van der Waals surface area (Å²) in [6, 6.07) is 0. The number of nitrogens with zero attached hydrogens (tertiary/aromatic N) is 2. The Labute approximate surface area is 110 Å². The highest BCUT2D eigenvalue weighted by atomic mass is 32.2. The Morgan fingerprint density at radius 2 is 2.00 bits per heavy atom. The molecular formula is C12H25N3O2S. The van der Waals surface area contributed by atoms with Crippen molar-refractivity contribution in [3.05, 3.63) is 0 Å². The molecule has 0 spiro atoms. The first-order chi connectivity index (χ1) is 8.47. The number of sulfone groups is 1. The molecule has 0 aromatic carbocycles. The van der Waals surface area contributed by atoms with E-state index >= 15 is 0 Å². The molecule has 2 aliphatic rings. The van der Waals surface area contributed by atoms with Gasteiger partial charge in [0, 0.05) is 25.2 Å². The Kier molecular flexibility index (Phi) is 4.31. The maximum atomic E-state index is 11.7. The molecule has 2 aliphatic heterocycles. The summed E-state index contributed by atoms with van der Waals surface area (Å²) < 4.78 is 23.4. The molecule has 106 valence electrons. The monoisotopic (exact) mass is 275 g/mol. The van der Waals surface area contributed by atoms with Gasteiger partial charge in [0.2, 0.25) is 0 Å². The number of hydrogen-bond donors (Lipinski definition) is 1. The number of hydrogen-bond acceptors (Lipinski definition) is 5. The van der Waals surface area contributed by atoms with Gasteiger partial charge in [-0.15, -0.1) is 0 Å². The molecule has 2 N–H and O–H groups in total. The second-order valence-corrected chi connectivity index (χ2v) is 7.92. The van der Waals surface area contributed by atoms with Crippen LogP contribution in [0.15, 0.2) is 0 Å². The lowest BCUT2D eigenvalue weighted by atomic mass is 9.97. The van der Waals surface area contributed by atoms with Gasteiger partial charge in [-0.05, 0) is 39.4 Å². The zero-order valence-electron chi connectivity index (χ0n) is 11.3. The van der Waals surface area contributed by atoms with E-state index in [0.717, 1.165) is 13.1 Å². The van der Waals surface area contributed by atoms with Gasteiger partial charge in [-0.3, -0.25) is 4.90 Å². The molecule has 2 fully saturated rings. The van der Waals surface area contributed by atoms with Crippen LogP contribution in [0.2, 0.25) is 0 Å². The van der Waals surface area contributed by atoms with Crippen molar-refractivity contribution < 1.29 is 8.42 Å². The van der Waals surface area contributed by atoms with Crippen LogP contribution >= 0.6 is 0 Å². The lowest BCUT2D eigenvalue weighted by Gasteiger charge is -2.37. The highest BCUT2D eigenvalue weighted by molar-refractivity contribution is 7.91. The molecule has 0 radical (unpaired) electrons. The maximum Gasteiger partial charge on any atom is 0.152 e. The summed E-state index contributed by atoms with van der Waals surface area (Å²) >= 11 is 0.